The summed E-state index contributed by atoms with van der Waals surface area (Å²) in [6.07, 6.45) is 2.76. The lowest BCUT2D eigenvalue weighted by molar-refractivity contribution is 0.102. The number of amides is 1. The summed E-state index contributed by atoms with van der Waals surface area (Å²) in [5.74, 6) is 2.76. The smallest absolute Gasteiger partial charge is 0.255 e. The fourth-order valence-electron chi connectivity index (χ4n) is 5.34. The molecule has 180 valence electrons. The Kier molecular flexibility index (Phi) is 5.32. The predicted molar refractivity (Wildman–Crippen MR) is 130 cm³/mol. The number of anilines is 2. The molecule has 3 aliphatic heterocycles. The van der Waals surface area contributed by atoms with Gasteiger partial charge in [-0.25, -0.2) is 4.98 Å². The van der Waals surface area contributed by atoms with E-state index in [9.17, 15) is 9.59 Å². The summed E-state index contributed by atoms with van der Waals surface area (Å²) in [6.45, 7) is 3.28. The van der Waals surface area contributed by atoms with Crippen molar-refractivity contribution in [3.05, 3.63) is 70.3 Å². The number of piperidine rings is 1. The lowest BCUT2D eigenvalue weighted by atomic mass is 9.83. The topological polar surface area (TPSA) is 94.9 Å². The van der Waals surface area contributed by atoms with E-state index >= 15 is 0 Å². The summed E-state index contributed by atoms with van der Waals surface area (Å²) in [5, 5.41) is 2.90. The zero-order chi connectivity index (χ0) is 23.9. The second kappa shape index (κ2) is 8.65. The van der Waals surface area contributed by atoms with Crippen LogP contribution in [0.3, 0.4) is 0 Å². The Morgan fingerprint density at radius 2 is 2.00 bits per heavy atom. The third-order valence-electron chi connectivity index (χ3n) is 6.90. The van der Waals surface area contributed by atoms with Gasteiger partial charge < -0.3 is 29.0 Å². The summed E-state index contributed by atoms with van der Waals surface area (Å²) < 4.78 is 18.5. The van der Waals surface area contributed by atoms with E-state index in [4.69, 9.17) is 14.2 Å². The fraction of sp³-hybridized carbons (Fsp3) is 0.346. The number of pyridine rings is 2. The molecule has 9 nitrogen and oxygen atoms in total. The van der Waals surface area contributed by atoms with E-state index in [1.54, 1.807) is 24.4 Å². The number of methoxy groups -OCH3 is 1. The van der Waals surface area contributed by atoms with Crippen LogP contribution in [-0.2, 0) is 6.54 Å². The fourth-order valence-corrected chi connectivity index (χ4v) is 5.34. The van der Waals surface area contributed by atoms with E-state index in [-0.39, 0.29) is 11.5 Å². The molecule has 1 amide bonds. The van der Waals surface area contributed by atoms with Gasteiger partial charge in [0, 0.05) is 42.9 Å². The van der Waals surface area contributed by atoms with Crippen molar-refractivity contribution >= 4 is 17.4 Å². The first-order valence-corrected chi connectivity index (χ1v) is 11.8. The van der Waals surface area contributed by atoms with Gasteiger partial charge in [0.25, 0.3) is 11.5 Å². The Hall–Kier alpha value is -4.01. The molecule has 2 bridgehead atoms. The van der Waals surface area contributed by atoms with Crippen LogP contribution in [0.1, 0.15) is 28.4 Å². The average Bonchev–Trinajstić information content (AvgIpc) is 2.89. The molecule has 35 heavy (non-hydrogen) atoms. The van der Waals surface area contributed by atoms with Crippen molar-refractivity contribution in [2.45, 2.75) is 18.9 Å². The van der Waals surface area contributed by atoms with Gasteiger partial charge in [-0.15, -0.1) is 0 Å². The highest BCUT2D eigenvalue weighted by molar-refractivity contribution is 6.05. The third kappa shape index (κ3) is 3.96. The molecular formula is C26H26N4O5. The Morgan fingerprint density at radius 3 is 2.83 bits per heavy atom. The number of benzene rings is 1. The number of carbonyl (C=O) groups excluding carboxylic acids is 1. The molecule has 2 atom stereocenters. The number of rotatable bonds is 4. The van der Waals surface area contributed by atoms with Crippen LogP contribution in [0.5, 0.6) is 17.2 Å². The number of aromatic nitrogens is 2. The number of nitrogens with zero attached hydrogens (tertiary/aromatic N) is 3. The molecule has 0 unspecified atom stereocenters. The third-order valence-corrected chi connectivity index (χ3v) is 6.90. The van der Waals surface area contributed by atoms with Crippen molar-refractivity contribution in [2.24, 2.45) is 5.92 Å². The SMILES string of the molecule is COc1cc(C(=O)Nc2ccc(N3C[C@@H]4C[C@H](C3)c3cccc(=O)n3C4)nc2)cc2c1OCCO2. The van der Waals surface area contributed by atoms with Gasteiger partial charge >= 0.3 is 0 Å². The van der Waals surface area contributed by atoms with Crippen LogP contribution < -0.4 is 30.0 Å². The molecule has 5 heterocycles. The molecule has 9 heteroatoms. The number of ether oxygens (including phenoxy) is 3. The summed E-state index contributed by atoms with van der Waals surface area (Å²) in [6, 6.07) is 12.6. The van der Waals surface area contributed by atoms with Gasteiger partial charge in [-0.2, -0.15) is 0 Å². The molecule has 3 aliphatic rings. The van der Waals surface area contributed by atoms with Crippen LogP contribution >= 0.6 is 0 Å². The standard InChI is InChI=1S/C26H26N4O5/c1-33-21-10-17(11-22-25(21)35-8-7-34-22)26(32)28-19-5-6-23(27-12-19)29-13-16-9-18(15-29)20-3-2-4-24(31)30(20)14-16/h2-6,10-12,16,18H,7-9,13-15H2,1H3,(H,28,32)/t16-,18+/m0/s1. The van der Waals surface area contributed by atoms with Crippen LogP contribution in [0.15, 0.2) is 53.5 Å². The van der Waals surface area contributed by atoms with Gasteiger partial charge in [-0.3, -0.25) is 9.59 Å². The van der Waals surface area contributed by atoms with Crippen LogP contribution in [0.4, 0.5) is 11.5 Å². The molecule has 6 rings (SSSR count). The van der Waals surface area contributed by atoms with Crippen molar-refractivity contribution in [3.63, 3.8) is 0 Å². The molecule has 2 aromatic heterocycles. The first kappa shape index (κ1) is 21.5. The predicted octanol–water partition coefficient (Wildman–Crippen LogP) is 2.90. The molecule has 0 radical (unpaired) electrons. The highest BCUT2D eigenvalue weighted by Gasteiger charge is 2.35. The second-order valence-electron chi connectivity index (χ2n) is 9.17. The monoisotopic (exact) mass is 474 g/mol. The van der Waals surface area contributed by atoms with E-state index < -0.39 is 0 Å². The minimum Gasteiger partial charge on any atom is -0.493 e. The van der Waals surface area contributed by atoms with Crippen molar-refractivity contribution in [2.75, 3.05) is 43.6 Å². The Morgan fingerprint density at radius 1 is 1.11 bits per heavy atom. The van der Waals surface area contributed by atoms with Gasteiger partial charge in [0.2, 0.25) is 5.75 Å². The minimum absolute atomic E-state index is 0.0829. The summed E-state index contributed by atoms with van der Waals surface area (Å²) in [7, 11) is 1.53. The number of nitrogens with one attached hydrogen (secondary N) is 1. The lowest BCUT2D eigenvalue weighted by Crippen LogP contribution is -2.47. The van der Waals surface area contributed by atoms with E-state index in [1.807, 2.05) is 22.8 Å². The Labute approximate surface area is 202 Å². The molecule has 0 aliphatic carbocycles. The molecule has 1 N–H and O–H groups in total. The number of hydrogen-bond acceptors (Lipinski definition) is 7. The number of hydrogen-bond donors (Lipinski definition) is 1. The molecule has 0 spiro atoms. The van der Waals surface area contributed by atoms with E-state index in [0.717, 1.165) is 37.6 Å². The first-order valence-electron chi connectivity index (χ1n) is 11.8. The zero-order valence-electron chi connectivity index (χ0n) is 19.4. The Balaban J connectivity index is 1.17. The van der Waals surface area contributed by atoms with E-state index in [2.05, 4.69) is 21.3 Å². The summed E-state index contributed by atoms with van der Waals surface area (Å²) in [4.78, 5) is 32.1. The molecule has 0 saturated carbocycles. The van der Waals surface area contributed by atoms with Gasteiger partial charge in [-0.05, 0) is 42.7 Å². The van der Waals surface area contributed by atoms with Crippen molar-refractivity contribution in [3.8, 4) is 17.2 Å². The zero-order valence-corrected chi connectivity index (χ0v) is 19.4. The van der Waals surface area contributed by atoms with Gasteiger partial charge in [0.1, 0.15) is 19.0 Å². The highest BCUT2D eigenvalue weighted by atomic mass is 16.6. The highest BCUT2D eigenvalue weighted by Crippen LogP contribution is 2.40. The average molecular weight is 475 g/mol. The maximum Gasteiger partial charge on any atom is 0.255 e. The van der Waals surface area contributed by atoms with Crippen LogP contribution in [-0.4, -0.2) is 48.9 Å². The van der Waals surface area contributed by atoms with Crippen LogP contribution in [0.2, 0.25) is 0 Å². The Bertz CT molecular complexity index is 1320. The molecule has 1 saturated heterocycles. The minimum atomic E-state index is -0.288. The summed E-state index contributed by atoms with van der Waals surface area (Å²) >= 11 is 0. The first-order chi connectivity index (χ1) is 17.1. The molecule has 3 aromatic rings. The largest absolute Gasteiger partial charge is 0.493 e. The number of fused-ring (bicyclic) bond motifs is 5. The van der Waals surface area contributed by atoms with Crippen LogP contribution in [0.25, 0.3) is 0 Å². The molecule has 1 aromatic carbocycles. The van der Waals surface area contributed by atoms with Gasteiger partial charge in [0.15, 0.2) is 11.5 Å². The van der Waals surface area contributed by atoms with Gasteiger partial charge in [0.05, 0.1) is 19.0 Å². The maximum absolute atomic E-state index is 12.9. The summed E-state index contributed by atoms with van der Waals surface area (Å²) in [5.41, 5.74) is 2.20. The lowest BCUT2D eigenvalue weighted by Gasteiger charge is -2.43. The second-order valence-corrected chi connectivity index (χ2v) is 9.17. The van der Waals surface area contributed by atoms with Crippen LogP contribution in [0, 0.1) is 5.92 Å². The van der Waals surface area contributed by atoms with Crippen molar-refractivity contribution < 1.29 is 19.0 Å². The van der Waals surface area contributed by atoms with Crippen molar-refractivity contribution in [1.29, 1.82) is 0 Å². The number of carbonyl (C=O) groups is 1. The maximum atomic E-state index is 12.9. The van der Waals surface area contributed by atoms with E-state index in [0.29, 0.717) is 53.5 Å². The van der Waals surface area contributed by atoms with Gasteiger partial charge in [-0.1, -0.05) is 6.07 Å². The van der Waals surface area contributed by atoms with E-state index in [1.165, 1.54) is 7.11 Å². The quantitative estimate of drug-likeness (QED) is 0.621. The van der Waals surface area contributed by atoms with Crippen molar-refractivity contribution in [1.82, 2.24) is 9.55 Å². The molecule has 1 fully saturated rings. The molecular weight excluding hydrogens is 448 g/mol. The normalized spacial score (nSPS) is 20.1.